The summed E-state index contributed by atoms with van der Waals surface area (Å²) in [6.07, 6.45) is 6.62. The molecule has 0 amide bonds. The van der Waals surface area contributed by atoms with Gasteiger partial charge in [0.05, 0.1) is 0 Å². The van der Waals surface area contributed by atoms with Gasteiger partial charge in [0.2, 0.25) is 0 Å². The van der Waals surface area contributed by atoms with E-state index in [1.165, 1.54) is 32.1 Å². The molecule has 1 aliphatic rings. The first kappa shape index (κ1) is 12.7. The summed E-state index contributed by atoms with van der Waals surface area (Å²) < 4.78 is 0. The summed E-state index contributed by atoms with van der Waals surface area (Å²) in [6.45, 7) is 1.94. The Bertz CT molecular complexity index is 188. The van der Waals surface area contributed by atoms with Crippen molar-refractivity contribution in [1.29, 1.82) is 0 Å². The minimum atomic E-state index is 0.609. The molecule has 1 aliphatic carbocycles. The zero-order chi connectivity index (χ0) is 11.1. The molecule has 1 fully saturated rings. The smallest absolute Gasteiger partial charge is 0.166 e. The number of thiocarbonyl (C=S) groups is 1. The second-order valence-corrected chi connectivity index (χ2v) is 4.95. The Labute approximate surface area is 98.6 Å². The lowest BCUT2D eigenvalue weighted by molar-refractivity contribution is 0.401. The van der Waals surface area contributed by atoms with Gasteiger partial charge < -0.3 is 15.5 Å². The first-order valence-electron chi connectivity index (χ1n) is 5.87. The monoisotopic (exact) mass is 229 g/mol. The van der Waals surface area contributed by atoms with Crippen molar-refractivity contribution >= 4 is 17.3 Å². The molecule has 0 atom stereocenters. The molecule has 0 unspecified atom stereocenters. The highest BCUT2D eigenvalue weighted by Gasteiger charge is 2.13. The lowest BCUT2D eigenvalue weighted by Gasteiger charge is -2.24. The van der Waals surface area contributed by atoms with E-state index in [0.29, 0.717) is 6.04 Å². The van der Waals surface area contributed by atoms with Crippen molar-refractivity contribution in [3.8, 4) is 0 Å². The van der Waals surface area contributed by atoms with Gasteiger partial charge in [0.15, 0.2) is 5.11 Å². The summed E-state index contributed by atoms with van der Waals surface area (Å²) in [6, 6.07) is 0.609. The van der Waals surface area contributed by atoms with Gasteiger partial charge >= 0.3 is 0 Å². The van der Waals surface area contributed by atoms with Gasteiger partial charge in [-0.15, -0.1) is 0 Å². The molecule has 4 heteroatoms. The van der Waals surface area contributed by atoms with E-state index in [1.54, 1.807) is 0 Å². The lowest BCUT2D eigenvalue weighted by atomic mass is 9.96. The van der Waals surface area contributed by atoms with E-state index >= 15 is 0 Å². The normalized spacial score (nSPS) is 17.8. The SMILES string of the molecule is CN(C)CCNC(=S)NC1CCCCC1. The van der Waals surface area contributed by atoms with Crippen LogP contribution in [0.1, 0.15) is 32.1 Å². The van der Waals surface area contributed by atoms with Gasteiger partial charge in [0.25, 0.3) is 0 Å². The largest absolute Gasteiger partial charge is 0.361 e. The summed E-state index contributed by atoms with van der Waals surface area (Å²) >= 11 is 5.25. The first-order chi connectivity index (χ1) is 7.18. The molecule has 0 heterocycles. The van der Waals surface area contributed by atoms with Gasteiger partial charge in [-0.1, -0.05) is 19.3 Å². The molecule has 15 heavy (non-hydrogen) atoms. The van der Waals surface area contributed by atoms with Crippen molar-refractivity contribution in [3.63, 3.8) is 0 Å². The number of rotatable bonds is 4. The van der Waals surface area contributed by atoms with Gasteiger partial charge in [-0.3, -0.25) is 0 Å². The Morgan fingerprint density at radius 2 is 1.93 bits per heavy atom. The molecule has 0 bridgehead atoms. The first-order valence-corrected chi connectivity index (χ1v) is 6.28. The van der Waals surface area contributed by atoms with E-state index in [4.69, 9.17) is 12.2 Å². The van der Waals surface area contributed by atoms with E-state index in [-0.39, 0.29) is 0 Å². The molecule has 1 rings (SSSR count). The molecule has 0 saturated heterocycles. The molecular weight excluding hydrogens is 206 g/mol. The number of hydrogen-bond donors (Lipinski definition) is 2. The lowest BCUT2D eigenvalue weighted by Crippen LogP contribution is -2.44. The van der Waals surface area contributed by atoms with Crippen LogP contribution in [0.15, 0.2) is 0 Å². The van der Waals surface area contributed by atoms with Gasteiger partial charge in [-0.2, -0.15) is 0 Å². The van der Waals surface area contributed by atoms with Crippen molar-refractivity contribution in [2.75, 3.05) is 27.2 Å². The van der Waals surface area contributed by atoms with E-state index in [9.17, 15) is 0 Å². The third-order valence-electron chi connectivity index (χ3n) is 2.78. The van der Waals surface area contributed by atoms with E-state index in [0.717, 1.165) is 18.2 Å². The van der Waals surface area contributed by atoms with Crippen LogP contribution in [0, 0.1) is 0 Å². The second-order valence-electron chi connectivity index (χ2n) is 4.54. The molecule has 0 aromatic carbocycles. The number of nitrogens with zero attached hydrogens (tertiary/aromatic N) is 1. The van der Waals surface area contributed by atoms with Crippen LogP contribution in [-0.2, 0) is 0 Å². The van der Waals surface area contributed by atoms with E-state index in [1.807, 2.05) is 0 Å². The Kier molecular flexibility index (Phi) is 5.95. The van der Waals surface area contributed by atoms with Gasteiger partial charge in [-0.25, -0.2) is 0 Å². The summed E-state index contributed by atoms with van der Waals surface area (Å²) in [5, 5.41) is 7.46. The zero-order valence-electron chi connectivity index (χ0n) is 9.88. The van der Waals surface area contributed by atoms with Crippen molar-refractivity contribution < 1.29 is 0 Å². The van der Waals surface area contributed by atoms with Gasteiger partial charge in [0, 0.05) is 19.1 Å². The van der Waals surface area contributed by atoms with E-state index in [2.05, 4.69) is 29.6 Å². The quantitative estimate of drug-likeness (QED) is 0.712. The number of likely N-dealkylation sites (N-methyl/N-ethyl adjacent to an activating group) is 1. The maximum Gasteiger partial charge on any atom is 0.166 e. The summed E-state index contributed by atoms with van der Waals surface area (Å²) in [5.74, 6) is 0. The second kappa shape index (κ2) is 7.01. The molecule has 0 aromatic heterocycles. The highest BCUT2D eigenvalue weighted by atomic mass is 32.1. The van der Waals surface area contributed by atoms with Crippen LogP contribution in [0.3, 0.4) is 0 Å². The fraction of sp³-hybridized carbons (Fsp3) is 0.909. The standard InChI is InChI=1S/C11H23N3S/c1-14(2)9-8-12-11(15)13-10-6-4-3-5-7-10/h10H,3-9H2,1-2H3,(H2,12,13,15). The minimum absolute atomic E-state index is 0.609. The predicted octanol–water partition coefficient (Wildman–Crippen LogP) is 1.34. The van der Waals surface area contributed by atoms with Crippen LogP contribution in [0.2, 0.25) is 0 Å². The fourth-order valence-electron chi connectivity index (χ4n) is 1.88. The maximum absolute atomic E-state index is 5.25. The molecule has 3 nitrogen and oxygen atoms in total. The minimum Gasteiger partial charge on any atom is -0.361 e. The third kappa shape index (κ3) is 5.95. The van der Waals surface area contributed by atoms with Crippen molar-refractivity contribution in [3.05, 3.63) is 0 Å². The molecular formula is C11H23N3S. The van der Waals surface area contributed by atoms with Crippen molar-refractivity contribution in [2.24, 2.45) is 0 Å². The average molecular weight is 229 g/mol. The topological polar surface area (TPSA) is 27.3 Å². The van der Waals surface area contributed by atoms with Gasteiger partial charge in [0.1, 0.15) is 0 Å². The molecule has 2 N–H and O–H groups in total. The Hall–Kier alpha value is -0.350. The fourth-order valence-corrected chi connectivity index (χ4v) is 2.15. The predicted molar refractivity (Wildman–Crippen MR) is 69.2 cm³/mol. The molecule has 1 saturated carbocycles. The third-order valence-corrected chi connectivity index (χ3v) is 3.05. The van der Waals surface area contributed by atoms with Crippen molar-refractivity contribution in [1.82, 2.24) is 15.5 Å². The van der Waals surface area contributed by atoms with Crippen LogP contribution in [-0.4, -0.2) is 43.2 Å². The Balaban J connectivity index is 2.06. The molecule has 0 radical (unpaired) electrons. The molecule has 0 spiro atoms. The maximum atomic E-state index is 5.25. The van der Waals surface area contributed by atoms with Gasteiger partial charge in [-0.05, 0) is 39.2 Å². The van der Waals surface area contributed by atoms with Crippen molar-refractivity contribution in [2.45, 2.75) is 38.1 Å². The van der Waals surface area contributed by atoms with Crippen LogP contribution < -0.4 is 10.6 Å². The Morgan fingerprint density at radius 3 is 2.53 bits per heavy atom. The average Bonchev–Trinajstić information content (AvgIpc) is 2.18. The summed E-state index contributed by atoms with van der Waals surface area (Å²) in [4.78, 5) is 2.15. The summed E-state index contributed by atoms with van der Waals surface area (Å²) in [7, 11) is 4.14. The van der Waals surface area contributed by atoms with Crippen LogP contribution in [0.25, 0.3) is 0 Å². The number of hydrogen-bond acceptors (Lipinski definition) is 2. The molecule has 88 valence electrons. The highest BCUT2D eigenvalue weighted by Crippen LogP contribution is 2.16. The molecule has 0 aromatic rings. The van der Waals surface area contributed by atoms with Crippen LogP contribution >= 0.6 is 12.2 Å². The molecule has 0 aliphatic heterocycles. The van der Waals surface area contributed by atoms with Crippen LogP contribution in [0.4, 0.5) is 0 Å². The number of nitrogens with one attached hydrogen (secondary N) is 2. The Morgan fingerprint density at radius 1 is 1.27 bits per heavy atom. The van der Waals surface area contributed by atoms with E-state index < -0.39 is 0 Å². The highest BCUT2D eigenvalue weighted by molar-refractivity contribution is 7.80. The zero-order valence-corrected chi connectivity index (χ0v) is 10.7. The van der Waals surface area contributed by atoms with Crippen LogP contribution in [0.5, 0.6) is 0 Å². The summed E-state index contributed by atoms with van der Waals surface area (Å²) in [5.41, 5.74) is 0.